The molecule has 28 heavy (non-hydrogen) atoms. The second-order valence-electron chi connectivity index (χ2n) is 8.53. The van der Waals surface area contributed by atoms with Crippen LogP contribution in [-0.4, -0.2) is 44.7 Å². The van der Waals surface area contributed by atoms with Crippen LogP contribution in [0.4, 0.5) is 0 Å². The maximum absolute atomic E-state index is 13.1. The molecule has 1 amide bonds. The Hall–Kier alpha value is -1.92. The number of halogens is 1. The summed E-state index contributed by atoms with van der Waals surface area (Å²) < 4.78 is 2.05. The first-order chi connectivity index (χ1) is 13.6. The fourth-order valence-electron chi connectivity index (χ4n) is 5.02. The third-order valence-electron chi connectivity index (χ3n) is 6.92. The van der Waals surface area contributed by atoms with Crippen LogP contribution in [0.25, 0.3) is 0 Å². The summed E-state index contributed by atoms with van der Waals surface area (Å²) in [7, 11) is 0. The molecule has 2 N–H and O–H groups in total. The number of fused-ring (bicyclic) bond motifs is 1. The van der Waals surface area contributed by atoms with Gasteiger partial charge in [0.05, 0.1) is 0 Å². The van der Waals surface area contributed by atoms with Crippen molar-refractivity contribution in [3.05, 3.63) is 46.5 Å². The zero-order valence-corrected chi connectivity index (χ0v) is 16.7. The molecule has 0 unspecified atom stereocenters. The molecule has 0 spiro atoms. The van der Waals surface area contributed by atoms with Gasteiger partial charge in [-0.25, -0.2) is 0 Å². The maximum Gasteiger partial charge on any atom is 0.292 e. The number of rotatable bonds is 4. The number of carbonyl (C=O) groups is 1. The van der Waals surface area contributed by atoms with Gasteiger partial charge in [-0.1, -0.05) is 23.7 Å². The molecule has 1 aromatic carbocycles. The molecule has 0 saturated heterocycles. The fourth-order valence-corrected chi connectivity index (χ4v) is 5.21. The van der Waals surface area contributed by atoms with Crippen molar-refractivity contribution in [2.75, 3.05) is 13.1 Å². The summed E-state index contributed by atoms with van der Waals surface area (Å²) in [5.74, 6) is 2.09. The Morgan fingerprint density at radius 2 is 1.93 bits per heavy atom. The third-order valence-corrected chi connectivity index (χ3v) is 7.15. The van der Waals surface area contributed by atoms with Gasteiger partial charge >= 0.3 is 0 Å². The predicted molar refractivity (Wildman–Crippen MR) is 107 cm³/mol. The molecule has 0 radical (unpaired) electrons. The van der Waals surface area contributed by atoms with E-state index in [0.717, 1.165) is 49.6 Å². The molecular formula is C21H26ClN5O. The van der Waals surface area contributed by atoms with Gasteiger partial charge in [0.1, 0.15) is 5.82 Å². The van der Waals surface area contributed by atoms with E-state index < -0.39 is 0 Å². The number of nitrogens with two attached hydrogens (primary N) is 1. The quantitative estimate of drug-likeness (QED) is 0.856. The number of nitrogens with zero attached hydrogens (tertiary/aromatic N) is 4. The van der Waals surface area contributed by atoms with Crippen LogP contribution in [0.3, 0.4) is 0 Å². The van der Waals surface area contributed by atoms with Crippen LogP contribution in [0.5, 0.6) is 0 Å². The molecular weight excluding hydrogens is 374 g/mol. The lowest BCUT2D eigenvalue weighted by molar-refractivity contribution is 0.0521. The second-order valence-corrected chi connectivity index (χ2v) is 8.97. The van der Waals surface area contributed by atoms with Gasteiger partial charge in [0, 0.05) is 42.0 Å². The van der Waals surface area contributed by atoms with Crippen LogP contribution in [0, 0.1) is 0 Å². The molecule has 5 rings (SSSR count). The topological polar surface area (TPSA) is 77.0 Å². The lowest BCUT2D eigenvalue weighted by atomic mass is 9.68. The standard InChI is InChI=1S/C21H26ClN5O/c22-16-3-1-2-15(12-16)21(13-23)8-6-17(7-9-21)26-10-11-27-18(14-4-5-14)24-25-19(27)20(26)28/h1-3,12,14,17H,4-11,13,23H2/t17-,21-. The van der Waals surface area contributed by atoms with Crippen molar-refractivity contribution in [3.8, 4) is 0 Å². The smallest absolute Gasteiger partial charge is 0.292 e. The Morgan fingerprint density at radius 1 is 1.14 bits per heavy atom. The van der Waals surface area contributed by atoms with Gasteiger partial charge in [-0.2, -0.15) is 0 Å². The van der Waals surface area contributed by atoms with Crippen molar-refractivity contribution in [1.29, 1.82) is 0 Å². The fraction of sp³-hybridized carbons (Fsp3) is 0.571. The minimum Gasteiger partial charge on any atom is -0.331 e. The molecule has 3 aliphatic rings. The van der Waals surface area contributed by atoms with Gasteiger partial charge in [-0.15, -0.1) is 10.2 Å². The summed E-state index contributed by atoms with van der Waals surface area (Å²) in [6.07, 6.45) is 6.20. The van der Waals surface area contributed by atoms with E-state index in [1.807, 2.05) is 23.1 Å². The Labute approximate surface area is 170 Å². The number of hydrogen-bond acceptors (Lipinski definition) is 4. The largest absolute Gasteiger partial charge is 0.331 e. The molecule has 2 heterocycles. The molecule has 6 nitrogen and oxygen atoms in total. The molecule has 2 aliphatic carbocycles. The maximum atomic E-state index is 13.1. The summed E-state index contributed by atoms with van der Waals surface area (Å²) in [4.78, 5) is 15.1. The van der Waals surface area contributed by atoms with Crippen molar-refractivity contribution in [2.45, 2.75) is 62.4 Å². The summed E-state index contributed by atoms with van der Waals surface area (Å²) in [5, 5.41) is 9.30. The average Bonchev–Trinajstić information content (AvgIpc) is 3.47. The highest BCUT2D eigenvalue weighted by atomic mass is 35.5. The van der Waals surface area contributed by atoms with Gasteiger partial charge < -0.3 is 15.2 Å². The van der Waals surface area contributed by atoms with Crippen molar-refractivity contribution in [2.24, 2.45) is 5.73 Å². The Morgan fingerprint density at radius 3 is 2.61 bits per heavy atom. The van der Waals surface area contributed by atoms with Crippen LogP contribution in [0.2, 0.25) is 5.02 Å². The minimum atomic E-state index is -0.0423. The first-order valence-corrected chi connectivity index (χ1v) is 10.7. The molecule has 1 aliphatic heterocycles. The van der Waals surface area contributed by atoms with E-state index in [0.29, 0.717) is 18.3 Å². The van der Waals surface area contributed by atoms with Gasteiger partial charge in [-0.05, 0) is 56.2 Å². The highest BCUT2D eigenvalue weighted by Crippen LogP contribution is 2.42. The van der Waals surface area contributed by atoms with Gasteiger partial charge in [-0.3, -0.25) is 4.79 Å². The van der Waals surface area contributed by atoms with E-state index in [1.54, 1.807) is 0 Å². The summed E-state index contributed by atoms with van der Waals surface area (Å²) >= 11 is 6.22. The first kappa shape index (κ1) is 18.1. The average molecular weight is 400 g/mol. The highest BCUT2D eigenvalue weighted by molar-refractivity contribution is 6.30. The molecule has 0 bridgehead atoms. The van der Waals surface area contributed by atoms with Crippen molar-refractivity contribution in [1.82, 2.24) is 19.7 Å². The number of aromatic nitrogens is 3. The van der Waals surface area contributed by atoms with E-state index in [2.05, 4.69) is 20.8 Å². The van der Waals surface area contributed by atoms with Crippen LogP contribution >= 0.6 is 11.6 Å². The number of benzene rings is 1. The molecule has 1 aromatic heterocycles. The highest BCUT2D eigenvalue weighted by Gasteiger charge is 2.41. The number of hydrogen-bond donors (Lipinski definition) is 1. The van der Waals surface area contributed by atoms with Crippen LogP contribution in [0.1, 0.15) is 66.4 Å². The monoisotopic (exact) mass is 399 g/mol. The normalized spacial score (nSPS) is 27.7. The SMILES string of the molecule is NC[C@]1(c2cccc(Cl)c2)CC[C@H](N2CCn3c(nnc3C3CC3)C2=O)CC1. The molecule has 148 valence electrons. The first-order valence-electron chi connectivity index (χ1n) is 10.3. The van der Waals surface area contributed by atoms with Crippen molar-refractivity contribution in [3.63, 3.8) is 0 Å². The summed E-state index contributed by atoms with van der Waals surface area (Å²) in [5.41, 5.74) is 7.41. The van der Waals surface area contributed by atoms with E-state index >= 15 is 0 Å². The lowest BCUT2D eigenvalue weighted by Gasteiger charge is -2.44. The third kappa shape index (κ3) is 2.94. The van der Waals surface area contributed by atoms with Crippen molar-refractivity contribution < 1.29 is 4.79 Å². The van der Waals surface area contributed by atoms with Crippen LogP contribution in [-0.2, 0) is 12.0 Å². The molecule has 2 saturated carbocycles. The number of carbonyl (C=O) groups excluding carboxylic acids is 1. The van der Waals surface area contributed by atoms with Crippen LogP contribution in [0.15, 0.2) is 24.3 Å². The van der Waals surface area contributed by atoms with E-state index in [-0.39, 0.29) is 17.4 Å². The Kier molecular flexibility index (Phi) is 4.43. The predicted octanol–water partition coefficient (Wildman–Crippen LogP) is 3.10. The minimum absolute atomic E-state index is 0.0404. The number of amides is 1. The Bertz CT molecular complexity index is 898. The van der Waals surface area contributed by atoms with E-state index in [9.17, 15) is 4.79 Å². The van der Waals surface area contributed by atoms with Crippen molar-refractivity contribution >= 4 is 17.5 Å². The molecule has 2 fully saturated rings. The zero-order valence-electron chi connectivity index (χ0n) is 16.0. The molecule has 7 heteroatoms. The van der Waals surface area contributed by atoms with Crippen LogP contribution < -0.4 is 5.73 Å². The van der Waals surface area contributed by atoms with E-state index in [4.69, 9.17) is 17.3 Å². The summed E-state index contributed by atoms with van der Waals surface area (Å²) in [6.45, 7) is 2.17. The second kappa shape index (κ2) is 6.85. The van der Waals surface area contributed by atoms with Gasteiger partial charge in [0.25, 0.3) is 5.91 Å². The zero-order chi connectivity index (χ0) is 19.3. The van der Waals surface area contributed by atoms with E-state index in [1.165, 1.54) is 18.4 Å². The van der Waals surface area contributed by atoms with Gasteiger partial charge in [0.15, 0.2) is 0 Å². The lowest BCUT2D eigenvalue weighted by Crippen LogP contribution is -2.51. The molecule has 2 aromatic rings. The Balaban J connectivity index is 1.32. The summed E-state index contributed by atoms with van der Waals surface area (Å²) in [6, 6.07) is 8.33. The molecule has 0 atom stereocenters. The van der Waals surface area contributed by atoms with Gasteiger partial charge in [0.2, 0.25) is 5.82 Å².